The van der Waals surface area contributed by atoms with E-state index >= 15 is 0 Å². The fraction of sp³-hybridized carbons (Fsp3) is 0.278. The van der Waals surface area contributed by atoms with Crippen molar-refractivity contribution in [3.8, 4) is 10.7 Å². The minimum atomic E-state index is -0.0285. The molecule has 4 rings (SSSR count). The molecule has 3 aromatic rings. The Morgan fingerprint density at radius 1 is 1.32 bits per heavy atom. The van der Waals surface area contributed by atoms with E-state index in [0.717, 1.165) is 10.4 Å². The van der Waals surface area contributed by atoms with Gasteiger partial charge in [0.15, 0.2) is 0 Å². The highest BCUT2D eigenvalue weighted by Gasteiger charge is 2.34. The summed E-state index contributed by atoms with van der Waals surface area (Å²) < 4.78 is 5.41. The van der Waals surface area contributed by atoms with Crippen molar-refractivity contribution in [2.75, 3.05) is 12.8 Å². The molecular weight excluding hydrogens is 354 g/mol. The zero-order valence-electron chi connectivity index (χ0n) is 13.7. The van der Waals surface area contributed by atoms with Crippen molar-refractivity contribution >= 4 is 29.0 Å². The van der Waals surface area contributed by atoms with Crippen LogP contribution >= 0.6 is 23.1 Å². The normalized spacial score (nSPS) is 17.4. The van der Waals surface area contributed by atoms with Gasteiger partial charge in [-0.2, -0.15) is 4.98 Å². The van der Waals surface area contributed by atoms with Crippen LogP contribution in [-0.2, 0) is 11.3 Å². The van der Waals surface area contributed by atoms with Gasteiger partial charge in [-0.25, -0.2) is 0 Å². The Morgan fingerprint density at radius 3 is 2.88 bits per heavy atom. The molecule has 1 fully saturated rings. The summed E-state index contributed by atoms with van der Waals surface area (Å²) in [6.07, 6.45) is 2.48. The van der Waals surface area contributed by atoms with Gasteiger partial charge in [-0.3, -0.25) is 4.79 Å². The highest BCUT2D eigenvalue weighted by atomic mass is 32.2. The third-order valence-electron chi connectivity index (χ3n) is 4.28. The van der Waals surface area contributed by atoms with Crippen molar-refractivity contribution in [3.63, 3.8) is 0 Å². The van der Waals surface area contributed by atoms with Crippen LogP contribution in [0.3, 0.4) is 0 Å². The summed E-state index contributed by atoms with van der Waals surface area (Å²) in [6, 6.07) is 12.2. The minimum Gasteiger partial charge on any atom is -0.339 e. The maximum atomic E-state index is 12.4. The Bertz CT molecular complexity index is 859. The molecule has 0 radical (unpaired) electrons. The largest absolute Gasteiger partial charge is 0.339 e. The lowest BCUT2D eigenvalue weighted by Crippen LogP contribution is -2.24. The molecule has 25 heavy (non-hydrogen) atoms. The molecule has 1 amide bonds. The maximum Gasteiger partial charge on any atom is 0.232 e. The van der Waals surface area contributed by atoms with E-state index in [1.54, 1.807) is 23.1 Å². The van der Waals surface area contributed by atoms with Crippen molar-refractivity contribution in [2.24, 2.45) is 0 Å². The molecular formula is C18H17N3O2S2. The van der Waals surface area contributed by atoms with E-state index in [9.17, 15) is 4.79 Å². The smallest absolute Gasteiger partial charge is 0.232 e. The molecule has 128 valence electrons. The average Bonchev–Trinajstić information content (AvgIpc) is 3.36. The van der Waals surface area contributed by atoms with E-state index in [2.05, 4.69) is 40.7 Å². The van der Waals surface area contributed by atoms with Crippen LogP contribution in [0.1, 0.15) is 23.8 Å². The van der Waals surface area contributed by atoms with Gasteiger partial charge in [-0.15, -0.1) is 23.1 Å². The van der Waals surface area contributed by atoms with E-state index < -0.39 is 0 Å². The lowest BCUT2D eigenvalue weighted by molar-refractivity contribution is -0.128. The number of nitrogens with zero attached hydrogens (tertiary/aromatic N) is 3. The van der Waals surface area contributed by atoms with Crippen molar-refractivity contribution in [1.29, 1.82) is 0 Å². The first-order chi connectivity index (χ1) is 12.2. The number of hydrogen-bond acceptors (Lipinski definition) is 6. The van der Waals surface area contributed by atoms with E-state index in [4.69, 9.17) is 4.52 Å². The van der Waals surface area contributed by atoms with Crippen molar-refractivity contribution in [2.45, 2.75) is 23.8 Å². The number of likely N-dealkylation sites (tertiary alicyclic amines) is 1. The molecule has 1 aromatic carbocycles. The maximum absolute atomic E-state index is 12.4. The van der Waals surface area contributed by atoms with E-state index in [1.807, 2.05) is 22.4 Å². The fourth-order valence-electron chi connectivity index (χ4n) is 2.95. The Labute approximate surface area is 154 Å². The lowest BCUT2D eigenvalue weighted by Gasteiger charge is -2.16. The number of amides is 1. The van der Waals surface area contributed by atoms with Gasteiger partial charge in [0, 0.05) is 24.4 Å². The molecule has 0 N–H and O–H groups in total. The zero-order valence-corrected chi connectivity index (χ0v) is 15.3. The van der Waals surface area contributed by atoms with Crippen LogP contribution < -0.4 is 0 Å². The molecule has 2 aromatic heterocycles. The number of thiophene rings is 1. The SMILES string of the molecule is CSc1ccc(CN2CC(c3nc(-c4cccs4)no3)CC2=O)cc1. The van der Waals surface area contributed by atoms with Gasteiger partial charge in [0.2, 0.25) is 17.6 Å². The Balaban J connectivity index is 1.44. The molecule has 0 aliphatic carbocycles. The Hall–Kier alpha value is -2.12. The van der Waals surface area contributed by atoms with Crippen molar-refractivity contribution in [1.82, 2.24) is 15.0 Å². The summed E-state index contributed by atoms with van der Waals surface area (Å²) >= 11 is 3.29. The van der Waals surface area contributed by atoms with Gasteiger partial charge in [0.1, 0.15) is 0 Å². The number of thioether (sulfide) groups is 1. The van der Waals surface area contributed by atoms with Crippen LogP contribution in [0.5, 0.6) is 0 Å². The highest BCUT2D eigenvalue weighted by Crippen LogP contribution is 2.30. The van der Waals surface area contributed by atoms with Gasteiger partial charge < -0.3 is 9.42 Å². The van der Waals surface area contributed by atoms with Crippen LogP contribution in [0, 0.1) is 0 Å². The summed E-state index contributed by atoms with van der Waals surface area (Å²) in [7, 11) is 0. The summed E-state index contributed by atoms with van der Waals surface area (Å²) in [5.74, 6) is 1.26. The van der Waals surface area contributed by atoms with E-state index in [-0.39, 0.29) is 11.8 Å². The number of hydrogen-bond donors (Lipinski definition) is 0. The van der Waals surface area contributed by atoms with Crippen LogP contribution in [0.2, 0.25) is 0 Å². The fourth-order valence-corrected chi connectivity index (χ4v) is 4.01. The monoisotopic (exact) mass is 371 g/mol. The molecule has 0 bridgehead atoms. The molecule has 0 spiro atoms. The summed E-state index contributed by atoms with van der Waals surface area (Å²) in [6.45, 7) is 1.24. The van der Waals surface area contributed by atoms with E-state index in [0.29, 0.717) is 31.2 Å². The van der Waals surface area contributed by atoms with Crippen molar-refractivity contribution in [3.05, 3.63) is 53.2 Å². The second-order valence-electron chi connectivity index (χ2n) is 5.96. The Kier molecular flexibility index (Phi) is 4.59. The topological polar surface area (TPSA) is 59.2 Å². The third kappa shape index (κ3) is 3.48. The van der Waals surface area contributed by atoms with Crippen LogP contribution in [0.25, 0.3) is 10.7 Å². The lowest BCUT2D eigenvalue weighted by atomic mass is 10.1. The second kappa shape index (κ2) is 7.01. The second-order valence-corrected chi connectivity index (χ2v) is 7.78. The molecule has 0 saturated carbocycles. The first-order valence-electron chi connectivity index (χ1n) is 8.01. The first kappa shape index (κ1) is 16.4. The van der Waals surface area contributed by atoms with Gasteiger partial charge in [0.25, 0.3) is 0 Å². The molecule has 3 heterocycles. The van der Waals surface area contributed by atoms with Gasteiger partial charge in [0.05, 0.1) is 10.8 Å². The van der Waals surface area contributed by atoms with Crippen LogP contribution in [-0.4, -0.2) is 33.7 Å². The van der Waals surface area contributed by atoms with Crippen LogP contribution in [0.4, 0.5) is 0 Å². The van der Waals surface area contributed by atoms with Crippen LogP contribution in [0.15, 0.2) is 51.2 Å². The van der Waals surface area contributed by atoms with Gasteiger partial charge in [-0.1, -0.05) is 23.4 Å². The average molecular weight is 371 g/mol. The highest BCUT2D eigenvalue weighted by molar-refractivity contribution is 7.98. The summed E-state index contributed by atoms with van der Waals surface area (Å²) in [5, 5.41) is 6.03. The van der Waals surface area contributed by atoms with Gasteiger partial charge in [-0.05, 0) is 35.4 Å². The van der Waals surface area contributed by atoms with Crippen molar-refractivity contribution < 1.29 is 9.32 Å². The number of benzene rings is 1. The number of aromatic nitrogens is 2. The number of rotatable bonds is 5. The first-order valence-corrected chi connectivity index (χ1v) is 10.1. The summed E-state index contributed by atoms with van der Waals surface area (Å²) in [5.41, 5.74) is 1.14. The molecule has 5 nitrogen and oxygen atoms in total. The number of carbonyl (C=O) groups excluding carboxylic acids is 1. The molecule has 1 aliphatic rings. The molecule has 1 aliphatic heterocycles. The zero-order chi connectivity index (χ0) is 17.2. The third-order valence-corrected chi connectivity index (χ3v) is 5.89. The predicted molar refractivity (Wildman–Crippen MR) is 98.6 cm³/mol. The molecule has 7 heteroatoms. The van der Waals surface area contributed by atoms with Gasteiger partial charge >= 0.3 is 0 Å². The van der Waals surface area contributed by atoms with E-state index in [1.165, 1.54) is 4.90 Å². The molecule has 1 unspecified atom stereocenters. The summed E-state index contributed by atoms with van der Waals surface area (Å²) in [4.78, 5) is 20.9. The molecule has 1 saturated heterocycles. The quantitative estimate of drug-likeness (QED) is 0.634. The Morgan fingerprint density at radius 2 is 2.16 bits per heavy atom. The predicted octanol–water partition coefficient (Wildman–Crippen LogP) is 4.04. The molecule has 1 atom stereocenters. The standard InChI is InChI=1S/C18H17N3O2S2/c1-24-14-6-4-12(5-7-14)10-21-11-13(9-16(21)22)18-19-17(20-23-18)15-3-2-8-25-15/h2-8,13H,9-11H2,1H3. The minimum absolute atomic E-state index is 0.0285. The number of carbonyl (C=O) groups is 1.